The monoisotopic (exact) mass is 248 g/mol. The lowest BCUT2D eigenvalue weighted by Gasteiger charge is -2.13. The van der Waals surface area contributed by atoms with E-state index in [0.29, 0.717) is 11.1 Å². The van der Waals surface area contributed by atoms with Gasteiger partial charge in [0.15, 0.2) is 0 Å². The Morgan fingerprint density at radius 2 is 2.06 bits per heavy atom. The predicted molar refractivity (Wildman–Crippen MR) is 57.5 cm³/mol. The fraction of sp³-hybridized carbons (Fsp3) is 0.500. The maximum Gasteiger partial charge on any atom is 0.261 e. The van der Waals surface area contributed by atoms with Crippen LogP contribution in [-0.4, -0.2) is 24.7 Å². The second-order valence-electron chi connectivity index (χ2n) is 3.77. The van der Waals surface area contributed by atoms with Crippen molar-refractivity contribution < 1.29 is 23.0 Å². The zero-order valence-corrected chi connectivity index (χ0v) is 9.50. The van der Waals surface area contributed by atoms with Crippen LogP contribution in [0.2, 0.25) is 0 Å². The third-order valence-electron chi connectivity index (χ3n) is 2.37. The number of hydrogen-bond acceptors (Lipinski definition) is 2. The Hall–Kier alpha value is -1.07. The summed E-state index contributed by atoms with van der Waals surface area (Å²) in [7, 11) is 0. The van der Waals surface area contributed by atoms with E-state index in [0.717, 1.165) is 0 Å². The van der Waals surface area contributed by atoms with Gasteiger partial charge in [-0.25, -0.2) is 13.2 Å². The highest BCUT2D eigenvalue weighted by Gasteiger charge is 2.11. The lowest BCUT2D eigenvalue weighted by Crippen LogP contribution is -2.09. The van der Waals surface area contributed by atoms with E-state index in [1.54, 1.807) is 6.92 Å². The van der Waals surface area contributed by atoms with Crippen molar-refractivity contribution in [2.75, 3.05) is 13.2 Å². The van der Waals surface area contributed by atoms with Gasteiger partial charge in [0.25, 0.3) is 6.43 Å². The quantitative estimate of drug-likeness (QED) is 0.784. The first kappa shape index (κ1) is 14.0. The Kier molecular flexibility index (Phi) is 5.44. The Bertz CT molecular complexity index is 356. The summed E-state index contributed by atoms with van der Waals surface area (Å²) in [5.74, 6) is -0.368. The molecule has 1 rings (SSSR count). The van der Waals surface area contributed by atoms with E-state index in [2.05, 4.69) is 4.74 Å². The van der Waals surface area contributed by atoms with E-state index >= 15 is 0 Å². The number of alkyl halides is 2. The minimum absolute atomic E-state index is 0.0440. The number of rotatable bonds is 6. The van der Waals surface area contributed by atoms with Crippen molar-refractivity contribution in [1.29, 1.82) is 0 Å². The number of benzene rings is 1. The molecular weight excluding hydrogens is 233 g/mol. The fourth-order valence-corrected chi connectivity index (χ4v) is 1.54. The molecule has 0 aliphatic carbocycles. The molecule has 0 saturated carbocycles. The first-order valence-corrected chi connectivity index (χ1v) is 5.30. The molecule has 5 heteroatoms. The minimum Gasteiger partial charge on any atom is -0.388 e. The van der Waals surface area contributed by atoms with Crippen molar-refractivity contribution in [2.24, 2.45) is 0 Å². The van der Waals surface area contributed by atoms with Gasteiger partial charge < -0.3 is 9.84 Å². The summed E-state index contributed by atoms with van der Waals surface area (Å²) >= 11 is 0. The van der Waals surface area contributed by atoms with Gasteiger partial charge in [-0.15, -0.1) is 0 Å². The zero-order valence-electron chi connectivity index (χ0n) is 9.50. The summed E-state index contributed by atoms with van der Waals surface area (Å²) in [5.41, 5.74) is 1.22. The Balaban J connectivity index is 2.44. The molecule has 17 heavy (non-hydrogen) atoms. The average molecular weight is 248 g/mol. The second-order valence-corrected chi connectivity index (χ2v) is 3.77. The molecule has 0 aliphatic heterocycles. The molecule has 0 saturated heterocycles. The Morgan fingerprint density at radius 3 is 2.65 bits per heavy atom. The van der Waals surface area contributed by atoms with Crippen molar-refractivity contribution in [3.63, 3.8) is 0 Å². The second kappa shape index (κ2) is 6.61. The highest BCUT2D eigenvalue weighted by Crippen LogP contribution is 2.21. The molecule has 1 N–H and O–H groups in total. The molecule has 0 fully saturated rings. The molecule has 0 aromatic heterocycles. The molecule has 0 bridgehead atoms. The van der Waals surface area contributed by atoms with Crippen LogP contribution < -0.4 is 0 Å². The van der Waals surface area contributed by atoms with Crippen molar-refractivity contribution in [3.8, 4) is 0 Å². The van der Waals surface area contributed by atoms with Crippen LogP contribution in [0.15, 0.2) is 18.2 Å². The number of aliphatic hydroxyl groups excluding tert-OH is 1. The van der Waals surface area contributed by atoms with Gasteiger partial charge in [-0.2, -0.15) is 0 Å². The highest BCUT2D eigenvalue weighted by molar-refractivity contribution is 5.28. The molecule has 2 nitrogen and oxygen atoms in total. The standard InChI is InChI=1S/C12H15F3O2/c1-8-6-9(13)2-3-10(8)11(16)4-5-17-7-12(14)15/h2-3,6,11-12,16H,4-5,7H2,1H3. The van der Waals surface area contributed by atoms with Gasteiger partial charge in [-0.05, 0) is 30.2 Å². The van der Waals surface area contributed by atoms with Crippen LogP contribution in [0, 0.1) is 12.7 Å². The average Bonchev–Trinajstić information content (AvgIpc) is 2.23. The minimum atomic E-state index is -2.50. The van der Waals surface area contributed by atoms with Crippen molar-refractivity contribution >= 4 is 0 Å². The predicted octanol–water partition coefficient (Wildman–Crippen LogP) is 2.84. The molecule has 0 aliphatic rings. The number of ether oxygens (including phenoxy) is 1. The van der Waals surface area contributed by atoms with Crippen molar-refractivity contribution in [2.45, 2.75) is 25.9 Å². The third-order valence-corrected chi connectivity index (χ3v) is 2.37. The van der Waals surface area contributed by atoms with Crippen LogP contribution in [0.25, 0.3) is 0 Å². The lowest BCUT2D eigenvalue weighted by atomic mass is 10.0. The maximum absolute atomic E-state index is 12.8. The van der Waals surface area contributed by atoms with E-state index in [4.69, 9.17) is 0 Å². The zero-order chi connectivity index (χ0) is 12.8. The van der Waals surface area contributed by atoms with E-state index in [1.807, 2.05) is 0 Å². The van der Waals surface area contributed by atoms with Gasteiger partial charge in [0, 0.05) is 13.0 Å². The number of hydrogen-bond donors (Lipinski definition) is 1. The first-order valence-electron chi connectivity index (χ1n) is 5.30. The van der Waals surface area contributed by atoms with Crippen LogP contribution in [0.5, 0.6) is 0 Å². The van der Waals surface area contributed by atoms with Gasteiger partial charge in [0.1, 0.15) is 12.4 Å². The number of halogens is 3. The number of aliphatic hydroxyl groups is 1. The van der Waals surface area contributed by atoms with E-state index in [9.17, 15) is 18.3 Å². The van der Waals surface area contributed by atoms with Crippen LogP contribution in [0.1, 0.15) is 23.7 Å². The van der Waals surface area contributed by atoms with Gasteiger partial charge >= 0.3 is 0 Å². The summed E-state index contributed by atoms with van der Waals surface area (Å²) in [6.45, 7) is 1.10. The summed E-state index contributed by atoms with van der Waals surface area (Å²) in [5, 5.41) is 9.77. The van der Waals surface area contributed by atoms with Crippen LogP contribution in [0.3, 0.4) is 0 Å². The van der Waals surface area contributed by atoms with Crippen molar-refractivity contribution in [1.82, 2.24) is 0 Å². The van der Waals surface area contributed by atoms with Crippen LogP contribution >= 0.6 is 0 Å². The molecule has 1 atom stereocenters. The largest absolute Gasteiger partial charge is 0.388 e. The van der Waals surface area contributed by atoms with E-state index in [1.165, 1.54) is 18.2 Å². The molecule has 0 spiro atoms. The molecule has 1 aromatic rings. The molecule has 1 aromatic carbocycles. The topological polar surface area (TPSA) is 29.5 Å². The molecular formula is C12H15F3O2. The molecule has 0 radical (unpaired) electrons. The third kappa shape index (κ3) is 4.75. The fourth-order valence-electron chi connectivity index (χ4n) is 1.54. The van der Waals surface area contributed by atoms with Crippen molar-refractivity contribution in [3.05, 3.63) is 35.1 Å². The molecule has 1 unspecified atom stereocenters. The van der Waals surface area contributed by atoms with Gasteiger partial charge in [-0.3, -0.25) is 0 Å². The summed E-state index contributed by atoms with van der Waals surface area (Å²) in [4.78, 5) is 0. The molecule has 0 heterocycles. The summed E-state index contributed by atoms with van der Waals surface area (Å²) in [6.07, 6.45) is -3.12. The summed E-state index contributed by atoms with van der Waals surface area (Å²) < 4.78 is 41.0. The van der Waals surface area contributed by atoms with Crippen LogP contribution in [0.4, 0.5) is 13.2 Å². The molecule has 0 amide bonds. The lowest BCUT2D eigenvalue weighted by molar-refractivity contribution is 0.00475. The van der Waals surface area contributed by atoms with Gasteiger partial charge in [-0.1, -0.05) is 6.07 Å². The molecule has 96 valence electrons. The van der Waals surface area contributed by atoms with E-state index in [-0.39, 0.29) is 18.8 Å². The Labute approximate surface area is 98.0 Å². The highest BCUT2D eigenvalue weighted by atomic mass is 19.3. The maximum atomic E-state index is 12.8. The van der Waals surface area contributed by atoms with E-state index < -0.39 is 19.1 Å². The first-order chi connectivity index (χ1) is 8.00. The van der Waals surface area contributed by atoms with Gasteiger partial charge in [0.05, 0.1) is 6.10 Å². The van der Waals surface area contributed by atoms with Crippen LogP contribution in [-0.2, 0) is 4.74 Å². The normalized spacial score (nSPS) is 13.1. The Morgan fingerprint density at radius 1 is 1.35 bits per heavy atom. The number of aryl methyl sites for hydroxylation is 1. The smallest absolute Gasteiger partial charge is 0.261 e. The van der Waals surface area contributed by atoms with Gasteiger partial charge in [0.2, 0.25) is 0 Å². The summed E-state index contributed by atoms with van der Waals surface area (Å²) in [6, 6.07) is 4.06. The SMILES string of the molecule is Cc1cc(F)ccc1C(O)CCOCC(F)F.